The molecule has 0 spiro atoms. The summed E-state index contributed by atoms with van der Waals surface area (Å²) < 4.78 is 31.9. The molecule has 0 bridgehead atoms. The molecule has 2 aromatic carbocycles. The van der Waals surface area contributed by atoms with Gasteiger partial charge in [0.25, 0.3) is 10.0 Å². The first-order valence-electron chi connectivity index (χ1n) is 8.68. The van der Waals surface area contributed by atoms with Gasteiger partial charge in [-0.1, -0.05) is 12.1 Å². The van der Waals surface area contributed by atoms with Crippen molar-refractivity contribution in [1.29, 1.82) is 0 Å². The number of ether oxygens (including phenoxy) is 1. The summed E-state index contributed by atoms with van der Waals surface area (Å²) in [6, 6.07) is 10.3. The van der Waals surface area contributed by atoms with Crippen LogP contribution in [0.25, 0.3) is 0 Å². The number of hydrogen-bond donors (Lipinski definition) is 3. The lowest BCUT2D eigenvalue weighted by Gasteiger charge is -2.14. The van der Waals surface area contributed by atoms with Gasteiger partial charge in [-0.2, -0.15) is 0 Å². The predicted octanol–water partition coefficient (Wildman–Crippen LogP) is 1.72. The van der Waals surface area contributed by atoms with Gasteiger partial charge in [-0.15, -0.1) is 0 Å². The lowest BCUT2D eigenvalue weighted by atomic mass is 10.2. The van der Waals surface area contributed by atoms with E-state index in [1.54, 1.807) is 43.3 Å². The van der Waals surface area contributed by atoms with E-state index in [-0.39, 0.29) is 16.6 Å². The molecule has 0 saturated carbocycles. The number of nitrogens with one attached hydrogen (secondary N) is 3. The van der Waals surface area contributed by atoms with Crippen LogP contribution in [0.5, 0.6) is 5.75 Å². The number of amidine groups is 1. The summed E-state index contributed by atoms with van der Waals surface area (Å²) in [7, 11) is -2.23. The third kappa shape index (κ3) is 4.37. The Morgan fingerprint density at radius 1 is 1.14 bits per heavy atom. The number of methoxy groups -OCH3 is 1. The van der Waals surface area contributed by atoms with E-state index in [2.05, 4.69) is 20.3 Å². The fourth-order valence-electron chi connectivity index (χ4n) is 2.81. The highest BCUT2D eigenvalue weighted by atomic mass is 32.2. The minimum absolute atomic E-state index is 0.113. The molecule has 1 aliphatic heterocycles. The van der Waals surface area contributed by atoms with E-state index >= 15 is 0 Å². The van der Waals surface area contributed by atoms with Crippen LogP contribution in [-0.4, -0.2) is 39.2 Å². The fraction of sp³-hybridized carbons (Fsp3) is 0.211. The second-order valence-electron chi connectivity index (χ2n) is 6.34. The van der Waals surface area contributed by atoms with Crippen LogP contribution in [0, 0.1) is 0 Å². The molecule has 0 fully saturated rings. The topological polar surface area (TPSA) is 126 Å². The van der Waals surface area contributed by atoms with Crippen LogP contribution in [-0.2, 0) is 19.6 Å². The maximum Gasteiger partial charge on any atom is 0.263 e. The summed E-state index contributed by atoms with van der Waals surface area (Å²) in [4.78, 5) is 28.2. The zero-order valence-electron chi connectivity index (χ0n) is 16.0. The molecule has 2 amide bonds. The number of aliphatic imine (C=N–C) groups is 1. The second-order valence-corrected chi connectivity index (χ2v) is 7.99. The van der Waals surface area contributed by atoms with Crippen molar-refractivity contribution in [3.05, 3.63) is 48.0 Å². The molecule has 152 valence electrons. The van der Waals surface area contributed by atoms with E-state index in [1.165, 1.54) is 20.1 Å². The molecule has 1 heterocycles. The van der Waals surface area contributed by atoms with Crippen molar-refractivity contribution >= 4 is 39.0 Å². The van der Waals surface area contributed by atoms with Crippen molar-refractivity contribution in [2.45, 2.75) is 24.8 Å². The molecule has 3 rings (SSSR count). The quantitative estimate of drug-likeness (QED) is 0.684. The van der Waals surface area contributed by atoms with Gasteiger partial charge in [0.1, 0.15) is 17.6 Å². The van der Waals surface area contributed by atoms with E-state index in [1.807, 2.05) is 0 Å². The van der Waals surface area contributed by atoms with E-state index in [9.17, 15) is 18.0 Å². The maximum absolute atomic E-state index is 12.6. The van der Waals surface area contributed by atoms with E-state index in [4.69, 9.17) is 4.74 Å². The Labute approximate surface area is 168 Å². The summed E-state index contributed by atoms with van der Waals surface area (Å²) in [5, 5.41) is 5.32. The highest BCUT2D eigenvalue weighted by molar-refractivity contribution is 7.90. The number of carbonyl (C=O) groups is 2. The minimum Gasteiger partial charge on any atom is -0.495 e. The van der Waals surface area contributed by atoms with Crippen molar-refractivity contribution < 1.29 is 22.7 Å². The highest BCUT2D eigenvalue weighted by Gasteiger charge is 2.31. The number of nitrogens with zero attached hydrogens (tertiary/aromatic N) is 1. The van der Waals surface area contributed by atoms with Crippen molar-refractivity contribution in [3.63, 3.8) is 0 Å². The molecule has 3 N–H and O–H groups in total. The SMILES string of the molecule is COc1ccc(NC(C)=O)cc1NC(=O)C(C)N=C1NS(=O)(=O)c2ccccc21. The first-order valence-corrected chi connectivity index (χ1v) is 10.2. The van der Waals surface area contributed by atoms with Crippen LogP contribution in [0.3, 0.4) is 0 Å². The van der Waals surface area contributed by atoms with Gasteiger partial charge in [0, 0.05) is 18.2 Å². The smallest absolute Gasteiger partial charge is 0.263 e. The Kier molecular flexibility index (Phi) is 5.55. The van der Waals surface area contributed by atoms with Gasteiger partial charge in [0.2, 0.25) is 11.8 Å². The van der Waals surface area contributed by atoms with Gasteiger partial charge in [-0.25, -0.2) is 8.42 Å². The summed E-state index contributed by atoms with van der Waals surface area (Å²) >= 11 is 0. The Morgan fingerprint density at radius 3 is 2.55 bits per heavy atom. The highest BCUT2D eigenvalue weighted by Crippen LogP contribution is 2.28. The number of carbonyl (C=O) groups excluding carboxylic acids is 2. The largest absolute Gasteiger partial charge is 0.495 e. The molecule has 0 aromatic heterocycles. The van der Waals surface area contributed by atoms with Gasteiger partial charge in [-0.05, 0) is 37.3 Å². The average molecular weight is 416 g/mol. The van der Waals surface area contributed by atoms with Gasteiger partial charge in [0.15, 0.2) is 0 Å². The Bertz CT molecular complexity index is 1110. The lowest BCUT2D eigenvalue weighted by molar-refractivity contribution is -0.117. The molecule has 1 unspecified atom stereocenters. The molecule has 10 heteroatoms. The average Bonchev–Trinajstić information content (AvgIpc) is 2.92. The summed E-state index contributed by atoms with van der Waals surface area (Å²) in [5.74, 6) is -0.208. The zero-order chi connectivity index (χ0) is 21.2. The van der Waals surface area contributed by atoms with Crippen LogP contribution in [0.2, 0.25) is 0 Å². The molecule has 29 heavy (non-hydrogen) atoms. The zero-order valence-corrected chi connectivity index (χ0v) is 16.8. The van der Waals surface area contributed by atoms with Crippen LogP contribution >= 0.6 is 0 Å². The van der Waals surface area contributed by atoms with Crippen molar-refractivity contribution in [3.8, 4) is 5.75 Å². The summed E-state index contributed by atoms with van der Waals surface area (Å²) in [6.07, 6.45) is 0. The van der Waals surface area contributed by atoms with Crippen molar-refractivity contribution in [2.24, 2.45) is 4.99 Å². The molecular weight excluding hydrogens is 396 g/mol. The van der Waals surface area contributed by atoms with Gasteiger partial charge < -0.3 is 15.4 Å². The lowest BCUT2D eigenvalue weighted by Crippen LogP contribution is -2.29. The third-order valence-electron chi connectivity index (χ3n) is 4.14. The molecule has 0 radical (unpaired) electrons. The van der Waals surface area contributed by atoms with Crippen LogP contribution in [0.1, 0.15) is 19.4 Å². The van der Waals surface area contributed by atoms with E-state index in [0.29, 0.717) is 22.7 Å². The van der Waals surface area contributed by atoms with Gasteiger partial charge in [-0.3, -0.25) is 19.3 Å². The molecule has 1 aliphatic rings. The molecule has 0 aliphatic carbocycles. The number of anilines is 2. The standard InChI is InChI=1S/C19H20N4O5S/c1-11(20-18-14-6-4-5-7-17(14)29(26,27)23-18)19(25)22-15-10-13(21-12(2)24)8-9-16(15)28-3/h4-11H,1-3H3,(H,20,23)(H,21,24)(H,22,25). The van der Waals surface area contributed by atoms with E-state index in [0.717, 1.165) is 0 Å². The molecule has 9 nitrogen and oxygen atoms in total. The second kappa shape index (κ2) is 7.92. The molecule has 2 aromatic rings. The normalized spacial score (nSPS) is 16.4. The summed E-state index contributed by atoms with van der Waals surface area (Å²) in [6.45, 7) is 2.92. The van der Waals surface area contributed by atoms with Crippen LogP contribution < -0.4 is 20.1 Å². The Morgan fingerprint density at radius 2 is 1.86 bits per heavy atom. The number of amides is 2. The number of fused-ring (bicyclic) bond motifs is 1. The fourth-order valence-corrected chi connectivity index (χ4v) is 4.04. The number of sulfonamides is 1. The first kappa shape index (κ1) is 20.3. The van der Waals surface area contributed by atoms with Crippen molar-refractivity contribution in [1.82, 2.24) is 4.72 Å². The van der Waals surface area contributed by atoms with E-state index < -0.39 is 22.0 Å². The minimum atomic E-state index is -3.69. The molecular formula is C19H20N4O5S. The monoisotopic (exact) mass is 416 g/mol. The number of hydrogen-bond acceptors (Lipinski definition) is 6. The maximum atomic E-state index is 12.6. The van der Waals surface area contributed by atoms with Crippen LogP contribution in [0.4, 0.5) is 11.4 Å². The Balaban J connectivity index is 1.83. The van der Waals surface area contributed by atoms with Gasteiger partial charge >= 0.3 is 0 Å². The van der Waals surface area contributed by atoms with Crippen molar-refractivity contribution in [2.75, 3.05) is 17.7 Å². The number of rotatable bonds is 5. The summed E-state index contributed by atoms with van der Waals surface area (Å²) in [5.41, 5.74) is 1.26. The molecule has 1 atom stereocenters. The predicted molar refractivity (Wildman–Crippen MR) is 109 cm³/mol. The van der Waals surface area contributed by atoms with Crippen LogP contribution in [0.15, 0.2) is 52.4 Å². The number of benzene rings is 2. The first-order chi connectivity index (χ1) is 13.7. The molecule has 0 saturated heterocycles. The van der Waals surface area contributed by atoms with Gasteiger partial charge in [0.05, 0.1) is 17.7 Å². The third-order valence-corrected chi connectivity index (χ3v) is 5.54. The Hall–Kier alpha value is -3.40.